The highest BCUT2D eigenvalue weighted by molar-refractivity contribution is 5.80. The van der Waals surface area contributed by atoms with Gasteiger partial charge in [-0.15, -0.1) is 0 Å². The third-order valence-electron chi connectivity index (χ3n) is 1.88. The maximum atomic E-state index is 13.1. The third kappa shape index (κ3) is 2.90. The van der Waals surface area contributed by atoms with Crippen molar-refractivity contribution in [2.45, 2.75) is 0 Å². The van der Waals surface area contributed by atoms with E-state index in [0.717, 1.165) is 12.1 Å². The van der Waals surface area contributed by atoms with Crippen molar-refractivity contribution in [2.75, 3.05) is 26.0 Å². The highest BCUT2D eigenvalue weighted by Crippen LogP contribution is 2.17. The van der Waals surface area contributed by atoms with Crippen molar-refractivity contribution >= 4 is 11.6 Å². The summed E-state index contributed by atoms with van der Waals surface area (Å²) in [6, 6.07) is 3.53. The number of halogens is 2. The molecular weight excluding hydrogens is 202 g/mol. The normalized spacial score (nSPS) is 9.87. The molecule has 0 aliphatic heterocycles. The van der Waals surface area contributed by atoms with E-state index in [1.165, 1.54) is 11.0 Å². The highest BCUT2D eigenvalue weighted by Gasteiger charge is 2.10. The van der Waals surface area contributed by atoms with Crippen molar-refractivity contribution in [2.24, 2.45) is 0 Å². The molecular formula is C10H12F2N2O. The minimum absolute atomic E-state index is 0.134. The van der Waals surface area contributed by atoms with E-state index in [9.17, 15) is 13.6 Å². The zero-order valence-corrected chi connectivity index (χ0v) is 8.55. The van der Waals surface area contributed by atoms with Gasteiger partial charge in [0.1, 0.15) is 17.3 Å². The second-order valence-corrected chi connectivity index (χ2v) is 3.24. The monoisotopic (exact) mass is 214 g/mol. The molecule has 1 N–H and O–H groups in total. The van der Waals surface area contributed by atoms with Crippen LogP contribution in [0.15, 0.2) is 18.2 Å². The van der Waals surface area contributed by atoms with Gasteiger partial charge in [0.2, 0.25) is 5.91 Å². The second-order valence-electron chi connectivity index (χ2n) is 3.24. The smallest absolute Gasteiger partial charge is 0.241 e. The Balaban J connectivity index is 2.69. The van der Waals surface area contributed by atoms with Gasteiger partial charge in [-0.3, -0.25) is 4.79 Å². The number of rotatable bonds is 3. The molecule has 1 aromatic carbocycles. The molecule has 5 heteroatoms. The first-order valence-corrected chi connectivity index (χ1v) is 4.40. The van der Waals surface area contributed by atoms with E-state index in [0.29, 0.717) is 0 Å². The lowest BCUT2D eigenvalue weighted by Gasteiger charge is -2.12. The molecule has 3 nitrogen and oxygen atoms in total. The molecule has 15 heavy (non-hydrogen) atoms. The predicted octanol–water partition coefficient (Wildman–Crippen LogP) is 1.46. The number of amides is 1. The highest BCUT2D eigenvalue weighted by atomic mass is 19.1. The van der Waals surface area contributed by atoms with E-state index in [1.54, 1.807) is 14.1 Å². The number of carbonyl (C=O) groups is 1. The van der Waals surface area contributed by atoms with Crippen molar-refractivity contribution in [3.05, 3.63) is 29.8 Å². The number of benzene rings is 1. The Morgan fingerprint density at radius 2 is 1.87 bits per heavy atom. The fourth-order valence-corrected chi connectivity index (χ4v) is 0.989. The Labute approximate surface area is 86.7 Å². The molecule has 1 amide bonds. The van der Waals surface area contributed by atoms with Crippen molar-refractivity contribution in [1.82, 2.24) is 4.90 Å². The van der Waals surface area contributed by atoms with Crippen molar-refractivity contribution in [3.63, 3.8) is 0 Å². The summed E-state index contributed by atoms with van der Waals surface area (Å²) >= 11 is 0. The van der Waals surface area contributed by atoms with Gasteiger partial charge >= 0.3 is 0 Å². The zero-order valence-electron chi connectivity index (χ0n) is 8.55. The molecule has 0 saturated heterocycles. The fourth-order valence-electron chi connectivity index (χ4n) is 0.989. The number of nitrogens with zero attached hydrogens (tertiary/aromatic N) is 1. The molecule has 0 spiro atoms. The number of para-hydroxylation sites is 1. The van der Waals surface area contributed by atoms with Gasteiger partial charge in [0.15, 0.2) is 0 Å². The standard InChI is InChI=1S/C10H12F2N2O/c1-14(2)9(15)6-13-10-7(11)4-3-5-8(10)12/h3-5,13H,6H2,1-2H3. The molecule has 0 radical (unpaired) electrons. The Bertz CT molecular complexity index is 346. The van der Waals surface area contributed by atoms with Crippen LogP contribution >= 0.6 is 0 Å². The van der Waals surface area contributed by atoms with Gasteiger partial charge in [0.25, 0.3) is 0 Å². The molecule has 0 atom stereocenters. The average molecular weight is 214 g/mol. The minimum Gasteiger partial charge on any atom is -0.371 e. The number of hydrogen-bond donors (Lipinski definition) is 1. The van der Waals surface area contributed by atoms with E-state index >= 15 is 0 Å². The van der Waals surface area contributed by atoms with E-state index in [1.807, 2.05) is 0 Å². The summed E-state index contributed by atoms with van der Waals surface area (Å²) < 4.78 is 26.1. The minimum atomic E-state index is -0.707. The topological polar surface area (TPSA) is 32.3 Å². The van der Waals surface area contributed by atoms with Gasteiger partial charge in [-0.2, -0.15) is 0 Å². The molecule has 0 aliphatic rings. The predicted molar refractivity (Wildman–Crippen MR) is 53.5 cm³/mol. The zero-order chi connectivity index (χ0) is 11.4. The molecule has 0 aromatic heterocycles. The van der Waals surface area contributed by atoms with E-state index in [4.69, 9.17) is 0 Å². The molecule has 1 aromatic rings. The van der Waals surface area contributed by atoms with Crippen LogP contribution in [0, 0.1) is 11.6 Å². The Morgan fingerprint density at radius 3 is 2.33 bits per heavy atom. The Hall–Kier alpha value is -1.65. The van der Waals surface area contributed by atoms with Gasteiger partial charge in [-0.25, -0.2) is 8.78 Å². The Morgan fingerprint density at radius 1 is 1.33 bits per heavy atom. The summed E-state index contributed by atoms with van der Waals surface area (Å²) in [6.07, 6.45) is 0. The van der Waals surface area contributed by atoms with Crippen LogP contribution in [-0.2, 0) is 4.79 Å². The molecule has 82 valence electrons. The summed E-state index contributed by atoms with van der Waals surface area (Å²) in [7, 11) is 3.14. The maximum absolute atomic E-state index is 13.1. The Kier molecular flexibility index (Phi) is 3.60. The quantitative estimate of drug-likeness (QED) is 0.826. The summed E-state index contributed by atoms with van der Waals surface area (Å²) in [5.74, 6) is -1.67. The lowest BCUT2D eigenvalue weighted by atomic mass is 10.3. The molecule has 0 saturated carbocycles. The van der Waals surface area contributed by atoms with Crippen molar-refractivity contribution < 1.29 is 13.6 Å². The first-order valence-electron chi connectivity index (χ1n) is 4.40. The van der Waals surface area contributed by atoms with Gasteiger partial charge in [0.05, 0.1) is 6.54 Å². The number of carbonyl (C=O) groups excluding carboxylic acids is 1. The summed E-state index contributed by atoms with van der Waals surface area (Å²) in [5, 5.41) is 2.42. The van der Waals surface area contributed by atoms with Crippen molar-refractivity contribution in [1.29, 1.82) is 0 Å². The lowest BCUT2D eigenvalue weighted by molar-refractivity contribution is -0.126. The average Bonchev–Trinajstić information content (AvgIpc) is 2.16. The van der Waals surface area contributed by atoms with Crippen LogP contribution in [-0.4, -0.2) is 31.4 Å². The molecule has 0 heterocycles. The number of likely N-dealkylation sites (N-methyl/N-ethyl adjacent to an activating group) is 1. The summed E-state index contributed by atoms with van der Waals surface area (Å²) in [4.78, 5) is 12.5. The SMILES string of the molecule is CN(C)C(=O)CNc1c(F)cccc1F. The number of anilines is 1. The second kappa shape index (κ2) is 4.72. The molecule has 0 unspecified atom stereocenters. The van der Waals surface area contributed by atoms with Crippen LogP contribution in [0.3, 0.4) is 0 Å². The number of hydrogen-bond acceptors (Lipinski definition) is 2. The van der Waals surface area contributed by atoms with E-state index < -0.39 is 11.6 Å². The summed E-state index contributed by atoms with van der Waals surface area (Å²) in [6.45, 7) is -0.134. The van der Waals surface area contributed by atoms with Gasteiger partial charge in [-0.1, -0.05) is 6.07 Å². The van der Waals surface area contributed by atoms with E-state index in [-0.39, 0.29) is 18.1 Å². The summed E-state index contributed by atoms with van der Waals surface area (Å²) in [5.41, 5.74) is -0.271. The molecule has 0 aliphatic carbocycles. The van der Waals surface area contributed by atoms with Crippen LogP contribution in [0.2, 0.25) is 0 Å². The van der Waals surface area contributed by atoms with Gasteiger partial charge in [0, 0.05) is 14.1 Å². The van der Waals surface area contributed by atoms with Crippen LogP contribution < -0.4 is 5.32 Å². The maximum Gasteiger partial charge on any atom is 0.241 e. The lowest BCUT2D eigenvalue weighted by Crippen LogP contribution is -2.29. The third-order valence-corrected chi connectivity index (χ3v) is 1.88. The largest absolute Gasteiger partial charge is 0.371 e. The van der Waals surface area contributed by atoms with Crippen molar-refractivity contribution in [3.8, 4) is 0 Å². The first kappa shape index (κ1) is 11.4. The molecule has 0 fully saturated rings. The molecule has 1 rings (SSSR count). The molecule has 0 bridgehead atoms. The van der Waals surface area contributed by atoms with Gasteiger partial charge < -0.3 is 10.2 Å². The number of nitrogens with one attached hydrogen (secondary N) is 1. The van der Waals surface area contributed by atoms with Crippen LogP contribution in [0.1, 0.15) is 0 Å². The van der Waals surface area contributed by atoms with E-state index in [2.05, 4.69) is 5.32 Å². The first-order chi connectivity index (χ1) is 7.02. The van der Waals surface area contributed by atoms with Crippen LogP contribution in [0.25, 0.3) is 0 Å². The van der Waals surface area contributed by atoms with Crippen LogP contribution in [0.5, 0.6) is 0 Å². The van der Waals surface area contributed by atoms with Crippen LogP contribution in [0.4, 0.5) is 14.5 Å². The fraction of sp³-hybridized carbons (Fsp3) is 0.300. The van der Waals surface area contributed by atoms with Gasteiger partial charge in [-0.05, 0) is 12.1 Å².